The Labute approximate surface area is 114 Å². The highest BCUT2D eigenvalue weighted by Gasteiger charge is 2.26. The van der Waals surface area contributed by atoms with Crippen molar-refractivity contribution in [2.75, 3.05) is 11.4 Å². The second kappa shape index (κ2) is 6.02. The molecule has 4 heteroatoms. The van der Waals surface area contributed by atoms with E-state index in [9.17, 15) is 0 Å². The van der Waals surface area contributed by atoms with Crippen LogP contribution >= 0.6 is 11.3 Å². The zero-order chi connectivity index (χ0) is 13.1. The number of piperidine rings is 1. The maximum Gasteiger partial charge on any atom is 0.186 e. The van der Waals surface area contributed by atoms with Gasteiger partial charge in [-0.15, -0.1) is 11.3 Å². The zero-order valence-electron chi connectivity index (χ0n) is 11.8. The van der Waals surface area contributed by atoms with E-state index in [-0.39, 0.29) is 0 Å². The number of aromatic nitrogens is 1. The average Bonchev–Trinajstić information content (AvgIpc) is 2.76. The molecular weight excluding hydrogens is 242 g/mol. The summed E-state index contributed by atoms with van der Waals surface area (Å²) in [5.74, 6) is 0.779. The summed E-state index contributed by atoms with van der Waals surface area (Å²) in [4.78, 5) is 8.60. The van der Waals surface area contributed by atoms with Crippen LogP contribution in [0, 0.1) is 5.92 Å². The molecule has 3 nitrogen and oxygen atoms in total. The minimum atomic E-state index is 0.618. The van der Waals surface area contributed by atoms with Gasteiger partial charge in [0, 0.05) is 24.0 Å². The van der Waals surface area contributed by atoms with Crippen LogP contribution in [0.5, 0.6) is 0 Å². The van der Waals surface area contributed by atoms with Crippen molar-refractivity contribution in [3.05, 3.63) is 10.6 Å². The van der Waals surface area contributed by atoms with Crippen LogP contribution in [0.15, 0.2) is 0 Å². The molecule has 0 amide bonds. The minimum absolute atomic E-state index is 0.618. The highest BCUT2D eigenvalue weighted by molar-refractivity contribution is 7.15. The lowest BCUT2D eigenvalue weighted by molar-refractivity contribution is 0.390. The normalized spacial score (nSPS) is 24.6. The number of anilines is 1. The van der Waals surface area contributed by atoms with Crippen LogP contribution in [0.4, 0.5) is 5.13 Å². The quantitative estimate of drug-likeness (QED) is 0.911. The lowest BCUT2D eigenvalue weighted by atomic mass is 9.96. The highest BCUT2D eigenvalue weighted by atomic mass is 32.1. The molecule has 2 N–H and O–H groups in total. The van der Waals surface area contributed by atoms with Crippen LogP contribution in [0.25, 0.3) is 0 Å². The Morgan fingerprint density at radius 2 is 2.17 bits per heavy atom. The molecule has 2 unspecified atom stereocenters. The minimum Gasteiger partial charge on any atom is -0.345 e. The summed E-state index contributed by atoms with van der Waals surface area (Å²) in [7, 11) is 0. The SMILES string of the molecule is CCCc1nc(N2CC(C)CCC2C)sc1CN. The fraction of sp³-hybridized carbons (Fsp3) is 0.786. The zero-order valence-corrected chi connectivity index (χ0v) is 12.6. The molecule has 1 aliphatic rings. The molecule has 1 saturated heterocycles. The van der Waals surface area contributed by atoms with E-state index in [4.69, 9.17) is 10.7 Å². The summed E-state index contributed by atoms with van der Waals surface area (Å²) in [5.41, 5.74) is 7.06. The Morgan fingerprint density at radius 3 is 2.83 bits per heavy atom. The van der Waals surface area contributed by atoms with Gasteiger partial charge < -0.3 is 10.6 Å². The molecule has 2 heterocycles. The van der Waals surface area contributed by atoms with Crippen LogP contribution in [0.3, 0.4) is 0 Å². The van der Waals surface area contributed by atoms with Gasteiger partial charge in [-0.05, 0) is 32.1 Å². The maximum absolute atomic E-state index is 5.84. The van der Waals surface area contributed by atoms with Crippen molar-refractivity contribution in [3.8, 4) is 0 Å². The van der Waals surface area contributed by atoms with Crippen molar-refractivity contribution in [1.29, 1.82) is 0 Å². The van der Waals surface area contributed by atoms with Gasteiger partial charge in [-0.3, -0.25) is 0 Å². The third-order valence-corrected chi connectivity index (χ3v) is 4.96. The lowest BCUT2D eigenvalue weighted by Crippen LogP contribution is -2.41. The molecule has 2 atom stereocenters. The number of rotatable bonds is 4. The number of hydrogen-bond donors (Lipinski definition) is 1. The molecule has 1 fully saturated rings. The first kappa shape index (κ1) is 13.8. The van der Waals surface area contributed by atoms with Crippen molar-refractivity contribution in [2.24, 2.45) is 11.7 Å². The summed E-state index contributed by atoms with van der Waals surface area (Å²) in [6, 6.07) is 0.618. The van der Waals surface area contributed by atoms with Gasteiger partial charge in [0.1, 0.15) is 0 Å². The van der Waals surface area contributed by atoms with Crippen molar-refractivity contribution in [3.63, 3.8) is 0 Å². The van der Waals surface area contributed by atoms with E-state index in [0.29, 0.717) is 12.6 Å². The molecule has 1 aromatic rings. The molecule has 102 valence electrons. The second-order valence-corrected chi connectivity index (χ2v) is 6.57. The summed E-state index contributed by atoms with van der Waals surface area (Å²) < 4.78 is 0. The van der Waals surface area contributed by atoms with E-state index in [1.807, 2.05) is 0 Å². The predicted molar refractivity (Wildman–Crippen MR) is 79.2 cm³/mol. The molecule has 1 aromatic heterocycles. The molecular formula is C14H25N3S. The van der Waals surface area contributed by atoms with E-state index in [2.05, 4.69) is 25.7 Å². The van der Waals surface area contributed by atoms with Crippen LogP contribution in [0.2, 0.25) is 0 Å². The van der Waals surface area contributed by atoms with Crippen molar-refractivity contribution >= 4 is 16.5 Å². The summed E-state index contributed by atoms with van der Waals surface area (Å²) in [6.07, 6.45) is 4.82. The topological polar surface area (TPSA) is 42.2 Å². The molecule has 0 bridgehead atoms. The smallest absolute Gasteiger partial charge is 0.186 e. The Bertz CT molecular complexity index is 388. The van der Waals surface area contributed by atoms with Crippen molar-refractivity contribution in [1.82, 2.24) is 4.98 Å². The number of thiazole rings is 1. The summed E-state index contributed by atoms with van der Waals surface area (Å²) >= 11 is 1.80. The highest BCUT2D eigenvalue weighted by Crippen LogP contribution is 2.32. The first-order valence-electron chi connectivity index (χ1n) is 7.11. The second-order valence-electron chi connectivity index (χ2n) is 5.50. The van der Waals surface area contributed by atoms with Gasteiger partial charge in [-0.1, -0.05) is 20.3 Å². The van der Waals surface area contributed by atoms with Crippen LogP contribution < -0.4 is 10.6 Å². The van der Waals surface area contributed by atoms with Gasteiger partial charge in [0.2, 0.25) is 0 Å². The molecule has 0 aromatic carbocycles. The number of nitrogens with zero attached hydrogens (tertiary/aromatic N) is 2. The number of aryl methyl sites for hydroxylation is 1. The molecule has 2 rings (SSSR count). The van der Waals surface area contributed by atoms with Crippen LogP contribution in [0.1, 0.15) is 50.6 Å². The fourth-order valence-corrected chi connectivity index (χ4v) is 3.74. The molecule has 0 spiro atoms. The third-order valence-electron chi connectivity index (χ3n) is 3.80. The van der Waals surface area contributed by atoms with E-state index in [1.54, 1.807) is 11.3 Å². The van der Waals surface area contributed by atoms with Crippen molar-refractivity contribution < 1.29 is 0 Å². The Balaban J connectivity index is 2.21. The van der Waals surface area contributed by atoms with Gasteiger partial charge >= 0.3 is 0 Å². The average molecular weight is 267 g/mol. The Morgan fingerprint density at radius 1 is 1.39 bits per heavy atom. The molecule has 1 aliphatic heterocycles. The van der Waals surface area contributed by atoms with E-state index in [1.165, 1.54) is 28.5 Å². The van der Waals surface area contributed by atoms with Crippen molar-refractivity contribution in [2.45, 2.75) is 59.0 Å². The first-order chi connectivity index (χ1) is 8.65. The van der Waals surface area contributed by atoms with Gasteiger partial charge in [-0.25, -0.2) is 4.98 Å². The monoisotopic (exact) mass is 267 g/mol. The van der Waals surface area contributed by atoms with E-state index >= 15 is 0 Å². The summed E-state index contributed by atoms with van der Waals surface area (Å²) in [6.45, 7) is 8.62. The first-order valence-corrected chi connectivity index (χ1v) is 7.92. The number of nitrogens with two attached hydrogens (primary N) is 1. The van der Waals surface area contributed by atoms with Gasteiger partial charge in [0.15, 0.2) is 5.13 Å². The molecule has 0 radical (unpaired) electrons. The van der Waals surface area contributed by atoms with Gasteiger partial charge in [0.25, 0.3) is 0 Å². The molecule has 0 saturated carbocycles. The van der Waals surface area contributed by atoms with Crippen LogP contribution in [-0.2, 0) is 13.0 Å². The fourth-order valence-electron chi connectivity index (χ4n) is 2.64. The Hall–Kier alpha value is -0.610. The molecule has 0 aliphatic carbocycles. The van der Waals surface area contributed by atoms with Crippen LogP contribution in [-0.4, -0.2) is 17.6 Å². The van der Waals surface area contributed by atoms with Gasteiger partial charge in [-0.2, -0.15) is 0 Å². The molecule has 18 heavy (non-hydrogen) atoms. The largest absolute Gasteiger partial charge is 0.345 e. The predicted octanol–water partition coefficient (Wildman–Crippen LogP) is 3.18. The maximum atomic E-state index is 5.84. The van der Waals surface area contributed by atoms with E-state index < -0.39 is 0 Å². The third kappa shape index (κ3) is 2.86. The Kier molecular flexibility index (Phi) is 4.62. The lowest BCUT2D eigenvalue weighted by Gasteiger charge is -2.36. The summed E-state index contributed by atoms with van der Waals surface area (Å²) in [5, 5.41) is 1.19. The number of hydrogen-bond acceptors (Lipinski definition) is 4. The van der Waals surface area contributed by atoms with E-state index in [0.717, 1.165) is 25.3 Å². The van der Waals surface area contributed by atoms with Gasteiger partial charge in [0.05, 0.1) is 5.69 Å². The standard InChI is InChI=1S/C14H25N3S/c1-4-5-12-13(8-15)18-14(16-12)17-9-10(2)6-7-11(17)3/h10-11H,4-9,15H2,1-3H3.